The van der Waals surface area contributed by atoms with Gasteiger partial charge in [-0.25, -0.2) is 9.78 Å². The fraction of sp³-hybridized carbons (Fsp3) is 0.261. The molecule has 6 heteroatoms. The molecule has 3 aromatic rings. The van der Waals surface area contributed by atoms with Gasteiger partial charge in [0, 0.05) is 16.6 Å². The lowest BCUT2D eigenvalue weighted by molar-refractivity contribution is -0.119. The van der Waals surface area contributed by atoms with Crippen LogP contribution in [0.15, 0.2) is 47.8 Å². The summed E-state index contributed by atoms with van der Waals surface area (Å²) in [5.74, 6) is -0.955. The van der Waals surface area contributed by atoms with Crippen molar-refractivity contribution in [1.82, 2.24) is 4.98 Å². The van der Waals surface area contributed by atoms with Crippen LogP contribution in [-0.4, -0.2) is 23.5 Å². The zero-order valence-corrected chi connectivity index (χ0v) is 17.1. The predicted molar refractivity (Wildman–Crippen MR) is 114 cm³/mol. The van der Waals surface area contributed by atoms with Gasteiger partial charge in [0.15, 0.2) is 12.3 Å². The topological polar surface area (TPSA) is 68.3 Å². The van der Waals surface area contributed by atoms with E-state index in [-0.39, 0.29) is 18.2 Å². The average Bonchev–Trinajstić information content (AvgIpc) is 3.41. The van der Waals surface area contributed by atoms with E-state index < -0.39 is 5.97 Å². The number of amides is 1. The van der Waals surface area contributed by atoms with Crippen LogP contribution in [0, 0.1) is 0 Å². The summed E-state index contributed by atoms with van der Waals surface area (Å²) >= 11 is 1.38. The SMILES string of the molecule is CCc1ccc(-c2nc(C(=O)OCC(=O)Nc3ccc4c(c3)CCC4)cs2)cc1. The van der Waals surface area contributed by atoms with Crippen molar-refractivity contribution in [3.8, 4) is 10.6 Å². The van der Waals surface area contributed by atoms with E-state index in [1.54, 1.807) is 5.38 Å². The van der Waals surface area contributed by atoms with Crippen molar-refractivity contribution < 1.29 is 14.3 Å². The summed E-state index contributed by atoms with van der Waals surface area (Å²) in [5, 5.41) is 5.19. The Balaban J connectivity index is 1.32. The quantitative estimate of drug-likeness (QED) is 0.605. The molecule has 29 heavy (non-hydrogen) atoms. The Kier molecular flexibility index (Phi) is 5.71. The highest BCUT2D eigenvalue weighted by molar-refractivity contribution is 7.13. The number of aryl methyl sites for hydroxylation is 3. The Morgan fingerprint density at radius 1 is 1.10 bits per heavy atom. The monoisotopic (exact) mass is 406 g/mol. The van der Waals surface area contributed by atoms with Crippen LogP contribution in [0.25, 0.3) is 10.6 Å². The van der Waals surface area contributed by atoms with Gasteiger partial charge >= 0.3 is 5.97 Å². The molecule has 0 aliphatic heterocycles. The van der Waals surface area contributed by atoms with Crippen LogP contribution < -0.4 is 5.32 Å². The molecule has 0 atom stereocenters. The maximum absolute atomic E-state index is 12.2. The van der Waals surface area contributed by atoms with Crippen LogP contribution in [0.5, 0.6) is 0 Å². The zero-order valence-electron chi connectivity index (χ0n) is 16.2. The molecule has 0 bridgehead atoms. The Morgan fingerprint density at radius 2 is 1.90 bits per heavy atom. The van der Waals surface area contributed by atoms with Gasteiger partial charge in [-0.15, -0.1) is 11.3 Å². The number of fused-ring (bicyclic) bond motifs is 1. The fourth-order valence-corrected chi connectivity index (χ4v) is 4.23. The number of hydrogen-bond donors (Lipinski definition) is 1. The van der Waals surface area contributed by atoms with E-state index in [4.69, 9.17) is 4.74 Å². The van der Waals surface area contributed by atoms with Crippen molar-refractivity contribution in [3.05, 3.63) is 70.2 Å². The molecule has 1 amide bonds. The standard InChI is InChI=1S/C23H22N2O3S/c1-2-15-6-8-17(9-7-15)22-25-20(14-29-22)23(27)28-13-21(26)24-19-11-10-16-4-3-5-18(16)12-19/h6-12,14H,2-5,13H2,1H3,(H,24,26). The second-order valence-electron chi connectivity index (χ2n) is 7.05. The molecule has 0 saturated carbocycles. The molecule has 1 aliphatic carbocycles. The molecule has 1 aromatic heterocycles. The van der Waals surface area contributed by atoms with E-state index in [9.17, 15) is 9.59 Å². The molecule has 0 radical (unpaired) electrons. The third-order valence-electron chi connectivity index (χ3n) is 5.04. The minimum Gasteiger partial charge on any atom is -0.451 e. The van der Waals surface area contributed by atoms with Gasteiger partial charge < -0.3 is 10.1 Å². The Hall–Kier alpha value is -2.99. The highest BCUT2D eigenvalue weighted by Gasteiger charge is 2.16. The molecule has 2 aromatic carbocycles. The number of nitrogens with one attached hydrogen (secondary N) is 1. The molecule has 148 valence electrons. The summed E-state index contributed by atoms with van der Waals surface area (Å²) in [5.41, 5.74) is 5.79. The maximum Gasteiger partial charge on any atom is 0.358 e. The lowest BCUT2D eigenvalue weighted by atomic mass is 10.1. The summed E-state index contributed by atoms with van der Waals surface area (Å²) in [6.45, 7) is 1.76. The van der Waals surface area contributed by atoms with E-state index >= 15 is 0 Å². The van der Waals surface area contributed by atoms with Crippen molar-refractivity contribution in [2.75, 3.05) is 11.9 Å². The maximum atomic E-state index is 12.2. The highest BCUT2D eigenvalue weighted by atomic mass is 32.1. The zero-order chi connectivity index (χ0) is 20.2. The molecule has 1 aliphatic rings. The van der Waals surface area contributed by atoms with E-state index in [2.05, 4.69) is 29.4 Å². The van der Waals surface area contributed by atoms with E-state index in [1.165, 1.54) is 28.0 Å². The Morgan fingerprint density at radius 3 is 2.69 bits per heavy atom. The molecular weight excluding hydrogens is 384 g/mol. The number of carbonyl (C=O) groups is 2. The number of esters is 1. The summed E-state index contributed by atoms with van der Waals surface area (Å²) < 4.78 is 5.13. The van der Waals surface area contributed by atoms with Crippen LogP contribution in [-0.2, 0) is 28.8 Å². The Labute approximate surface area is 173 Å². The average molecular weight is 407 g/mol. The molecule has 0 spiro atoms. The summed E-state index contributed by atoms with van der Waals surface area (Å²) in [6, 6.07) is 14.0. The number of nitrogens with zero attached hydrogens (tertiary/aromatic N) is 1. The Bertz CT molecular complexity index is 1040. The van der Waals surface area contributed by atoms with Crippen LogP contribution in [0.2, 0.25) is 0 Å². The molecule has 0 saturated heterocycles. The van der Waals surface area contributed by atoms with Crippen molar-refractivity contribution >= 4 is 28.9 Å². The smallest absolute Gasteiger partial charge is 0.358 e. The third kappa shape index (κ3) is 4.54. The second kappa shape index (κ2) is 8.57. The van der Waals surface area contributed by atoms with Gasteiger partial charge in [-0.05, 0) is 54.5 Å². The van der Waals surface area contributed by atoms with Crippen molar-refractivity contribution in [3.63, 3.8) is 0 Å². The van der Waals surface area contributed by atoms with Crippen molar-refractivity contribution in [2.45, 2.75) is 32.6 Å². The number of carbonyl (C=O) groups excluding carboxylic acids is 2. The van der Waals surface area contributed by atoms with Gasteiger partial charge in [0.2, 0.25) is 0 Å². The van der Waals surface area contributed by atoms with Gasteiger partial charge in [-0.1, -0.05) is 37.3 Å². The first-order valence-corrected chi connectivity index (χ1v) is 10.6. The van der Waals surface area contributed by atoms with Gasteiger partial charge in [0.25, 0.3) is 5.91 Å². The lowest BCUT2D eigenvalue weighted by Crippen LogP contribution is -2.21. The molecular formula is C23H22N2O3S. The van der Waals surface area contributed by atoms with E-state index in [1.807, 2.05) is 30.3 Å². The summed E-state index contributed by atoms with van der Waals surface area (Å²) in [7, 11) is 0. The summed E-state index contributed by atoms with van der Waals surface area (Å²) in [6.07, 6.45) is 4.27. The van der Waals surface area contributed by atoms with Crippen molar-refractivity contribution in [1.29, 1.82) is 0 Å². The number of rotatable bonds is 6. The highest BCUT2D eigenvalue weighted by Crippen LogP contribution is 2.26. The second-order valence-corrected chi connectivity index (χ2v) is 7.91. The van der Waals surface area contributed by atoms with Gasteiger partial charge in [-0.3, -0.25) is 4.79 Å². The number of thiazole rings is 1. The molecule has 0 unspecified atom stereocenters. The third-order valence-corrected chi connectivity index (χ3v) is 5.93. The molecule has 0 fully saturated rings. The van der Waals surface area contributed by atoms with Crippen LogP contribution in [0.1, 0.15) is 40.5 Å². The number of ether oxygens (including phenoxy) is 1. The van der Waals surface area contributed by atoms with Crippen LogP contribution >= 0.6 is 11.3 Å². The molecule has 5 nitrogen and oxygen atoms in total. The number of benzene rings is 2. The normalized spacial score (nSPS) is 12.4. The minimum absolute atomic E-state index is 0.217. The predicted octanol–water partition coefficient (Wildman–Crippen LogP) is 4.66. The largest absolute Gasteiger partial charge is 0.451 e. The first-order valence-electron chi connectivity index (χ1n) is 9.76. The fourth-order valence-electron chi connectivity index (χ4n) is 3.43. The van der Waals surface area contributed by atoms with Crippen LogP contribution in [0.3, 0.4) is 0 Å². The van der Waals surface area contributed by atoms with E-state index in [0.717, 1.165) is 41.9 Å². The first kappa shape index (κ1) is 19.3. The minimum atomic E-state index is -0.596. The van der Waals surface area contributed by atoms with Gasteiger partial charge in [0.05, 0.1) is 0 Å². The molecule has 4 rings (SSSR count). The number of aromatic nitrogens is 1. The lowest BCUT2D eigenvalue weighted by Gasteiger charge is -2.07. The molecule has 1 N–H and O–H groups in total. The summed E-state index contributed by atoms with van der Waals surface area (Å²) in [4.78, 5) is 28.7. The number of hydrogen-bond acceptors (Lipinski definition) is 5. The van der Waals surface area contributed by atoms with Gasteiger partial charge in [-0.2, -0.15) is 0 Å². The molecule has 1 heterocycles. The van der Waals surface area contributed by atoms with Crippen LogP contribution in [0.4, 0.5) is 5.69 Å². The number of anilines is 1. The van der Waals surface area contributed by atoms with Gasteiger partial charge in [0.1, 0.15) is 5.01 Å². The first-order chi connectivity index (χ1) is 14.1. The van der Waals surface area contributed by atoms with E-state index in [0.29, 0.717) is 0 Å². The van der Waals surface area contributed by atoms with Crippen molar-refractivity contribution in [2.24, 2.45) is 0 Å².